The van der Waals surface area contributed by atoms with Gasteiger partial charge in [-0.05, 0) is 18.9 Å². The zero-order chi connectivity index (χ0) is 14.4. The molecule has 2 heterocycles. The van der Waals surface area contributed by atoms with Crippen LogP contribution in [0.25, 0.3) is 0 Å². The lowest BCUT2D eigenvalue weighted by molar-refractivity contribution is 0.548. The van der Waals surface area contributed by atoms with Crippen LogP contribution < -0.4 is 5.32 Å². The molecule has 110 valence electrons. The molecular formula is C15H25N5. The Bertz CT molecular complexity index is 512. The number of hydrogen-bond acceptors (Lipinski definition) is 3. The Balaban J connectivity index is 1.90. The molecule has 0 amide bonds. The minimum Gasteiger partial charge on any atom is -0.333 e. The molecule has 5 nitrogen and oxygen atoms in total. The van der Waals surface area contributed by atoms with Crippen molar-refractivity contribution >= 4 is 0 Å². The number of nitrogens with one attached hydrogen (secondary N) is 1. The third kappa shape index (κ3) is 4.20. The fraction of sp³-hybridized carbons (Fsp3) is 0.600. The van der Waals surface area contributed by atoms with E-state index in [2.05, 4.69) is 51.4 Å². The molecule has 0 saturated carbocycles. The second kappa shape index (κ2) is 7.24. The maximum atomic E-state index is 4.44. The molecule has 0 aliphatic rings. The van der Waals surface area contributed by atoms with Crippen LogP contribution in [0.3, 0.4) is 0 Å². The van der Waals surface area contributed by atoms with Crippen molar-refractivity contribution in [1.82, 2.24) is 24.4 Å². The summed E-state index contributed by atoms with van der Waals surface area (Å²) in [6, 6.07) is 0. The second-order valence-corrected chi connectivity index (χ2v) is 5.64. The number of nitrogens with zero attached hydrogens (tertiary/aromatic N) is 4. The van der Waals surface area contributed by atoms with Crippen molar-refractivity contribution in [2.75, 3.05) is 6.54 Å². The van der Waals surface area contributed by atoms with E-state index < -0.39 is 0 Å². The van der Waals surface area contributed by atoms with Gasteiger partial charge in [0, 0.05) is 25.5 Å². The molecule has 0 fully saturated rings. The van der Waals surface area contributed by atoms with Gasteiger partial charge in [-0.2, -0.15) is 0 Å². The van der Waals surface area contributed by atoms with E-state index in [1.165, 1.54) is 5.69 Å². The predicted octanol–water partition coefficient (Wildman–Crippen LogP) is 2.28. The van der Waals surface area contributed by atoms with Gasteiger partial charge in [0.2, 0.25) is 0 Å². The maximum Gasteiger partial charge on any atom is 0.0953 e. The predicted molar refractivity (Wildman–Crippen MR) is 80.4 cm³/mol. The maximum absolute atomic E-state index is 4.44. The van der Waals surface area contributed by atoms with Crippen LogP contribution in [0, 0.1) is 5.92 Å². The zero-order valence-electron chi connectivity index (χ0n) is 12.7. The lowest BCUT2D eigenvalue weighted by atomic mass is 10.2. The highest BCUT2D eigenvalue weighted by molar-refractivity contribution is 5.03. The standard InChI is InChI=1S/C15H25N5/c1-4-5-20-11-17-8-15(20)10-19-9-14(18-12-19)7-16-6-13(2)3/h8-9,11-13,16H,4-7,10H2,1-3H3. The fourth-order valence-electron chi connectivity index (χ4n) is 2.18. The van der Waals surface area contributed by atoms with Crippen LogP contribution >= 0.6 is 0 Å². The quantitative estimate of drug-likeness (QED) is 0.804. The van der Waals surface area contributed by atoms with Crippen LogP contribution in [0.5, 0.6) is 0 Å². The number of aromatic nitrogens is 4. The Morgan fingerprint density at radius 2 is 2.15 bits per heavy atom. The molecular weight excluding hydrogens is 250 g/mol. The summed E-state index contributed by atoms with van der Waals surface area (Å²) in [7, 11) is 0. The van der Waals surface area contributed by atoms with E-state index in [0.717, 1.165) is 38.3 Å². The van der Waals surface area contributed by atoms with Crippen molar-refractivity contribution in [1.29, 1.82) is 0 Å². The molecule has 0 radical (unpaired) electrons. The molecule has 5 heteroatoms. The molecule has 0 aromatic carbocycles. The molecule has 2 aromatic rings. The topological polar surface area (TPSA) is 47.7 Å². The summed E-state index contributed by atoms with van der Waals surface area (Å²) < 4.78 is 4.33. The Hall–Kier alpha value is -1.62. The molecule has 20 heavy (non-hydrogen) atoms. The van der Waals surface area contributed by atoms with Gasteiger partial charge in [-0.25, -0.2) is 9.97 Å². The Kier molecular flexibility index (Phi) is 5.35. The van der Waals surface area contributed by atoms with Crippen LogP contribution in [0.4, 0.5) is 0 Å². The number of hydrogen-bond donors (Lipinski definition) is 1. The Morgan fingerprint density at radius 1 is 1.30 bits per heavy atom. The summed E-state index contributed by atoms with van der Waals surface area (Å²) in [6.45, 7) is 10.3. The van der Waals surface area contributed by atoms with E-state index >= 15 is 0 Å². The summed E-state index contributed by atoms with van der Waals surface area (Å²) >= 11 is 0. The minimum absolute atomic E-state index is 0.667. The van der Waals surface area contributed by atoms with Gasteiger partial charge in [-0.15, -0.1) is 0 Å². The highest BCUT2D eigenvalue weighted by atomic mass is 15.1. The first-order valence-electron chi connectivity index (χ1n) is 7.39. The highest BCUT2D eigenvalue weighted by Gasteiger charge is 2.04. The first-order chi connectivity index (χ1) is 9.69. The zero-order valence-corrected chi connectivity index (χ0v) is 12.7. The van der Waals surface area contributed by atoms with Crippen LogP contribution in [-0.2, 0) is 19.6 Å². The first kappa shape index (κ1) is 14.8. The summed E-state index contributed by atoms with van der Waals surface area (Å²) in [4.78, 5) is 8.67. The number of rotatable bonds is 8. The van der Waals surface area contributed by atoms with Crippen molar-refractivity contribution < 1.29 is 0 Å². The van der Waals surface area contributed by atoms with Crippen molar-refractivity contribution in [3.63, 3.8) is 0 Å². The lowest BCUT2D eigenvalue weighted by Gasteiger charge is -2.07. The van der Waals surface area contributed by atoms with Gasteiger partial charge < -0.3 is 14.5 Å². The summed E-state index contributed by atoms with van der Waals surface area (Å²) in [5.41, 5.74) is 2.32. The van der Waals surface area contributed by atoms with Gasteiger partial charge >= 0.3 is 0 Å². The fourth-order valence-corrected chi connectivity index (χ4v) is 2.18. The molecule has 2 aromatic heterocycles. The van der Waals surface area contributed by atoms with Gasteiger partial charge in [0.1, 0.15) is 0 Å². The molecule has 0 atom stereocenters. The Labute approximate surface area is 121 Å². The van der Waals surface area contributed by atoms with Gasteiger partial charge in [0.05, 0.1) is 30.6 Å². The molecule has 0 bridgehead atoms. The summed E-state index contributed by atoms with van der Waals surface area (Å²) in [5, 5.41) is 3.41. The summed E-state index contributed by atoms with van der Waals surface area (Å²) in [6.07, 6.45) is 8.97. The highest BCUT2D eigenvalue weighted by Crippen LogP contribution is 2.05. The second-order valence-electron chi connectivity index (χ2n) is 5.64. The van der Waals surface area contributed by atoms with E-state index in [0.29, 0.717) is 5.92 Å². The molecule has 0 aliphatic carbocycles. The van der Waals surface area contributed by atoms with Crippen LogP contribution in [0.2, 0.25) is 0 Å². The van der Waals surface area contributed by atoms with Gasteiger partial charge in [-0.1, -0.05) is 20.8 Å². The van der Waals surface area contributed by atoms with Crippen LogP contribution in [-0.4, -0.2) is 25.6 Å². The third-order valence-corrected chi connectivity index (χ3v) is 3.15. The molecule has 1 N–H and O–H groups in total. The van der Waals surface area contributed by atoms with Crippen LogP contribution in [0.1, 0.15) is 38.6 Å². The molecule has 0 spiro atoms. The van der Waals surface area contributed by atoms with Crippen molar-refractivity contribution in [2.24, 2.45) is 5.92 Å². The third-order valence-electron chi connectivity index (χ3n) is 3.15. The SMILES string of the molecule is CCCn1cncc1Cn1cnc(CNCC(C)C)c1. The van der Waals surface area contributed by atoms with Crippen molar-refractivity contribution in [3.05, 3.63) is 36.4 Å². The first-order valence-corrected chi connectivity index (χ1v) is 7.39. The average molecular weight is 275 g/mol. The normalized spacial score (nSPS) is 11.4. The molecule has 0 saturated heterocycles. The minimum atomic E-state index is 0.667. The Morgan fingerprint density at radius 3 is 2.90 bits per heavy atom. The van der Waals surface area contributed by atoms with Crippen LogP contribution in [0.15, 0.2) is 25.0 Å². The van der Waals surface area contributed by atoms with E-state index in [9.17, 15) is 0 Å². The van der Waals surface area contributed by atoms with E-state index in [1.54, 1.807) is 0 Å². The summed E-state index contributed by atoms with van der Waals surface area (Å²) in [5.74, 6) is 0.667. The van der Waals surface area contributed by atoms with Gasteiger partial charge in [-0.3, -0.25) is 0 Å². The molecule has 0 unspecified atom stereocenters. The van der Waals surface area contributed by atoms with E-state index in [-0.39, 0.29) is 0 Å². The van der Waals surface area contributed by atoms with Gasteiger partial charge in [0.15, 0.2) is 0 Å². The van der Waals surface area contributed by atoms with E-state index in [1.807, 2.05) is 18.9 Å². The smallest absolute Gasteiger partial charge is 0.0953 e. The van der Waals surface area contributed by atoms with E-state index in [4.69, 9.17) is 0 Å². The number of imidazole rings is 2. The molecule has 0 aliphatic heterocycles. The average Bonchev–Trinajstić information content (AvgIpc) is 3.01. The number of aryl methyl sites for hydroxylation is 1. The van der Waals surface area contributed by atoms with Crippen molar-refractivity contribution in [3.8, 4) is 0 Å². The molecule has 2 rings (SSSR count). The lowest BCUT2D eigenvalue weighted by Crippen LogP contribution is -2.19. The van der Waals surface area contributed by atoms with Gasteiger partial charge in [0.25, 0.3) is 0 Å². The largest absolute Gasteiger partial charge is 0.333 e. The monoisotopic (exact) mass is 275 g/mol. The van der Waals surface area contributed by atoms with Crippen molar-refractivity contribution in [2.45, 2.75) is 46.8 Å².